The summed E-state index contributed by atoms with van der Waals surface area (Å²) in [6.07, 6.45) is 1.52. The molecule has 0 heterocycles. The van der Waals surface area contributed by atoms with Gasteiger partial charge in [-0.15, -0.1) is 0 Å². The predicted octanol–water partition coefficient (Wildman–Crippen LogP) is 4.17. The molecule has 0 saturated carbocycles. The van der Waals surface area contributed by atoms with Crippen molar-refractivity contribution in [1.29, 1.82) is 0 Å². The molecular formula is C18H17Cl2N3O2. The third kappa shape index (κ3) is 6.57. The summed E-state index contributed by atoms with van der Waals surface area (Å²) in [5.41, 5.74) is 4.74. The lowest BCUT2D eigenvalue weighted by atomic mass is 10.2. The molecule has 2 amide bonds. The van der Waals surface area contributed by atoms with Crippen molar-refractivity contribution in [1.82, 2.24) is 5.43 Å². The molecule has 0 atom stereocenters. The highest BCUT2D eigenvalue weighted by atomic mass is 35.5. The number of amides is 2. The van der Waals surface area contributed by atoms with E-state index in [1.165, 1.54) is 6.21 Å². The number of carbonyl (C=O) groups is 2. The van der Waals surface area contributed by atoms with Crippen LogP contribution in [-0.4, -0.2) is 18.0 Å². The van der Waals surface area contributed by atoms with Gasteiger partial charge in [-0.1, -0.05) is 41.4 Å². The molecule has 2 aromatic carbocycles. The molecule has 2 N–H and O–H groups in total. The summed E-state index contributed by atoms with van der Waals surface area (Å²) in [5, 5.41) is 7.52. The lowest BCUT2D eigenvalue weighted by Crippen LogP contribution is -2.20. The topological polar surface area (TPSA) is 70.6 Å². The monoisotopic (exact) mass is 377 g/mol. The van der Waals surface area contributed by atoms with Gasteiger partial charge in [-0.25, -0.2) is 5.43 Å². The van der Waals surface area contributed by atoms with E-state index in [-0.39, 0.29) is 24.7 Å². The Balaban J connectivity index is 1.76. The van der Waals surface area contributed by atoms with Crippen LogP contribution in [0, 0.1) is 6.92 Å². The summed E-state index contributed by atoms with van der Waals surface area (Å²) in [6.45, 7) is 1.94. The van der Waals surface area contributed by atoms with Gasteiger partial charge in [-0.2, -0.15) is 5.10 Å². The maximum absolute atomic E-state index is 11.8. The van der Waals surface area contributed by atoms with Crippen LogP contribution in [0.15, 0.2) is 47.6 Å². The minimum Gasteiger partial charge on any atom is -0.326 e. The largest absolute Gasteiger partial charge is 0.326 e. The summed E-state index contributed by atoms with van der Waals surface area (Å²) in [5.74, 6) is -0.591. The number of carbonyl (C=O) groups excluding carboxylic acids is 2. The van der Waals surface area contributed by atoms with E-state index < -0.39 is 0 Å². The lowest BCUT2D eigenvalue weighted by Gasteiger charge is -2.05. The molecule has 0 unspecified atom stereocenters. The van der Waals surface area contributed by atoms with Gasteiger partial charge in [0.2, 0.25) is 11.8 Å². The Morgan fingerprint density at radius 3 is 2.56 bits per heavy atom. The normalized spacial score (nSPS) is 10.7. The van der Waals surface area contributed by atoms with E-state index in [2.05, 4.69) is 15.8 Å². The van der Waals surface area contributed by atoms with Gasteiger partial charge >= 0.3 is 0 Å². The van der Waals surface area contributed by atoms with Crippen molar-refractivity contribution in [2.75, 3.05) is 5.32 Å². The Bertz CT molecular complexity index is 807. The number of benzene rings is 2. The molecule has 0 aliphatic carbocycles. The Kier molecular flexibility index (Phi) is 6.98. The van der Waals surface area contributed by atoms with Gasteiger partial charge in [0.15, 0.2) is 0 Å². The lowest BCUT2D eigenvalue weighted by molar-refractivity contribution is -0.124. The average Bonchev–Trinajstić information content (AvgIpc) is 2.55. The van der Waals surface area contributed by atoms with Gasteiger partial charge in [-0.3, -0.25) is 9.59 Å². The number of nitrogens with one attached hydrogen (secondary N) is 2. The van der Waals surface area contributed by atoms with Crippen LogP contribution in [-0.2, 0) is 9.59 Å². The molecule has 0 spiro atoms. The van der Waals surface area contributed by atoms with Crippen LogP contribution >= 0.6 is 23.2 Å². The zero-order valence-electron chi connectivity index (χ0n) is 13.6. The highest BCUT2D eigenvalue weighted by Crippen LogP contribution is 2.19. The van der Waals surface area contributed by atoms with E-state index in [9.17, 15) is 9.59 Å². The first-order chi connectivity index (χ1) is 11.9. The van der Waals surface area contributed by atoms with Gasteiger partial charge in [0.25, 0.3) is 0 Å². The van der Waals surface area contributed by atoms with Crippen molar-refractivity contribution in [3.05, 3.63) is 63.6 Å². The summed E-state index contributed by atoms with van der Waals surface area (Å²) in [7, 11) is 0. The van der Waals surface area contributed by atoms with Gasteiger partial charge < -0.3 is 5.32 Å². The van der Waals surface area contributed by atoms with E-state index in [0.717, 1.165) is 5.56 Å². The molecule has 2 rings (SSSR count). The van der Waals surface area contributed by atoms with Crippen molar-refractivity contribution in [2.45, 2.75) is 19.8 Å². The zero-order chi connectivity index (χ0) is 18.2. The molecule has 0 radical (unpaired) electrons. The number of aryl methyl sites for hydroxylation is 1. The molecule has 0 aliphatic rings. The van der Waals surface area contributed by atoms with E-state index in [4.69, 9.17) is 23.2 Å². The molecule has 0 saturated heterocycles. The summed E-state index contributed by atoms with van der Waals surface area (Å²) in [6, 6.07) is 12.4. The van der Waals surface area contributed by atoms with Crippen LogP contribution < -0.4 is 10.7 Å². The Morgan fingerprint density at radius 1 is 1.08 bits per heavy atom. The maximum atomic E-state index is 11.8. The van der Waals surface area contributed by atoms with Crippen LogP contribution in [0.1, 0.15) is 24.0 Å². The molecule has 25 heavy (non-hydrogen) atoms. The van der Waals surface area contributed by atoms with Crippen molar-refractivity contribution in [3.8, 4) is 0 Å². The van der Waals surface area contributed by atoms with Gasteiger partial charge in [0.1, 0.15) is 0 Å². The fraction of sp³-hybridized carbons (Fsp3) is 0.167. The number of halogens is 2. The smallest absolute Gasteiger partial charge is 0.240 e. The predicted molar refractivity (Wildman–Crippen MR) is 101 cm³/mol. The minimum atomic E-state index is -0.360. The van der Waals surface area contributed by atoms with E-state index >= 15 is 0 Å². The van der Waals surface area contributed by atoms with E-state index in [1.807, 2.05) is 25.1 Å². The van der Waals surface area contributed by atoms with Crippen molar-refractivity contribution in [3.63, 3.8) is 0 Å². The second kappa shape index (κ2) is 9.20. The van der Waals surface area contributed by atoms with E-state index in [0.29, 0.717) is 21.3 Å². The Labute approximate surface area is 156 Å². The molecule has 0 fully saturated rings. The highest BCUT2D eigenvalue weighted by molar-refractivity contribution is 6.36. The standard InChI is InChI=1S/C18H17Cl2N3O2/c1-12-3-2-4-15(9-12)22-17(24)7-8-18(25)23-21-11-13-5-6-14(19)10-16(13)20/h2-6,9-11H,7-8H2,1H3,(H,22,24)(H,23,25)/b21-11+. The summed E-state index contributed by atoms with van der Waals surface area (Å²) < 4.78 is 0. The number of anilines is 1. The number of nitrogens with zero attached hydrogens (tertiary/aromatic N) is 1. The maximum Gasteiger partial charge on any atom is 0.240 e. The first-order valence-corrected chi connectivity index (χ1v) is 8.33. The zero-order valence-corrected chi connectivity index (χ0v) is 15.1. The van der Waals surface area contributed by atoms with Crippen LogP contribution in [0.25, 0.3) is 0 Å². The minimum absolute atomic E-state index is 0.0311. The third-order valence-electron chi connectivity index (χ3n) is 3.24. The van der Waals surface area contributed by atoms with Gasteiger partial charge in [-0.05, 0) is 36.8 Å². The van der Waals surface area contributed by atoms with Crippen molar-refractivity contribution < 1.29 is 9.59 Å². The third-order valence-corrected chi connectivity index (χ3v) is 3.80. The molecule has 130 valence electrons. The number of hydrazone groups is 1. The molecule has 2 aromatic rings. The van der Waals surface area contributed by atoms with Gasteiger partial charge in [0.05, 0.1) is 11.2 Å². The first kappa shape index (κ1) is 19.0. The number of hydrogen-bond donors (Lipinski definition) is 2. The summed E-state index contributed by atoms with van der Waals surface area (Å²) in [4.78, 5) is 23.6. The Morgan fingerprint density at radius 2 is 1.84 bits per heavy atom. The fourth-order valence-corrected chi connectivity index (χ4v) is 2.47. The highest BCUT2D eigenvalue weighted by Gasteiger charge is 2.07. The van der Waals surface area contributed by atoms with Crippen LogP contribution in [0.4, 0.5) is 5.69 Å². The molecular weight excluding hydrogens is 361 g/mol. The Hall–Kier alpha value is -2.37. The number of hydrogen-bond acceptors (Lipinski definition) is 3. The second-order valence-corrected chi connectivity index (χ2v) is 6.22. The van der Waals surface area contributed by atoms with Crippen LogP contribution in [0.2, 0.25) is 10.0 Å². The first-order valence-electron chi connectivity index (χ1n) is 7.57. The van der Waals surface area contributed by atoms with Crippen LogP contribution in [0.5, 0.6) is 0 Å². The van der Waals surface area contributed by atoms with Crippen molar-refractivity contribution in [2.24, 2.45) is 5.10 Å². The van der Waals surface area contributed by atoms with Crippen molar-refractivity contribution >= 4 is 46.9 Å². The molecule has 5 nitrogen and oxygen atoms in total. The second-order valence-electron chi connectivity index (χ2n) is 5.38. The fourth-order valence-electron chi connectivity index (χ4n) is 2.01. The molecule has 0 aromatic heterocycles. The quantitative estimate of drug-likeness (QED) is 0.585. The molecule has 0 bridgehead atoms. The SMILES string of the molecule is Cc1cccc(NC(=O)CCC(=O)N/N=C/c2ccc(Cl)cc2Cl)c1. The molecule has 7 heteroatoms. The van der Waals surface area contributed by atoms with Gasteiger partial charge in [0, 0.05) is 29.1 Å². The average molecular weight is 378 g/mol. The van der Waals surface area contributed by atoms with Crippen LogP contribution in [0.3, 0.4) is 0 Å². The van der Waals surface area contributed by atoms with E-state index in [1.54, 1.807) is 24.3 Å². The summed E-state index contributed by atoms with van der Waals surface area (Å²) >= 11 is 11.8. The number of rotatable bonds is 6. The molecule has 0 aliphatic heterocycles.